The SMILES string of the molecule is CCN1C(=O)NC(c2cccc(Oc3ccccc3)c2)C2=C1CN(c1ccc(S(C)(=O)=O)cc1)C2=O. The summed E-state index contributed by atoms with van der Waals surface area (Å²) < 4.78 is 29.7. The number of carbonyl (C=O) groups excluding carboxylic acids is 2. The fourth-order valence-corrected chi connectivity index (χ4v) is 5.17. The summed E-state index contributed by atoms with van der Waals surface area (Å²) in [5, 5.41) is 2.97. The summed E-state index contributed by atoms with van der Waals surface area (Å²) in [6.07, 6.45) is 1.14. The lowest BCUT2D eigenvalue weighted by Gasteiger charge is -2.33. The largest absolute Gasteiger partial charge is 0.457 e. The topological polar surface area (TPSA) is 96.0 Å². The summed E-state index contributed by atoms with van der Waals surface area (Å²) in [5.74, 6) is 1.03. The molecule has 2 heterocycles. The van der Waals surface area contributed by atoms with Gasteiger partial charge in [0.2, 0.25) is 0 Å². The highest BCUT2D eigenvalue weighted by molar-refractivity contribution is 7.90. The van der Waals surface area contributed by atoms with E-state index in [0.717, 1.165) is 11.8 Å². The number of likely N-dealkylation sites (N-methyl/N-ethyl adjacent to an activating group) is 1. The molecule has 5 rings (SSSR count). The van der Waals surface area contributed by atoms with Crippen LogP contribution in [0.4, 0.5) is 10.5 Å². The first kappa shape index (κ1) is 23.6. The third-order valence-corrected chi connectivity index (χ3v) is 7.41. The smallest absolute Gasteiger partial charge is 0.322 e. The molecular formula is C27H25N3O5S. The van der Waals surface area contributed by atoms with Crippen molar-refractivity contribution in [1.82, 2.24) is 10.2 Å². The molecule has 3 aromatic carbocycles. The van der Waals surface area contributed by atoms with E-state index >= 15 is 0 Å². The van der Waals surface area contributed by atoms with E-state index in [2.05, 4.69) is 5.32 Å². The quantitative estimate of drug-likeness (QED) is 0.542. The standard InChI is InChI=1S/C27H25N3O5S/c1-3-29-23-17-30(19-12-14-22(15-13-19)36(2,33)34)26(31)24(23)25(28-27(29)32)18-8-7-11-21(16-18)35-20-9-5-4-6-10-20/h4-16,25H,3,17H2,1-2H3,(H,28,32). The lowest BCUT2D eigenvalue weighted by molar-refractivity contribution is -0.114. The van der Waals surface area contributed by atoms with Crippen molar-refractivity contribution in [2.24, 2.45) is 0 Å². The Hall–Kier alpha value is -4.11. The third-order valence-electron chi connectivity index (χ3n) is 6.28. The average molecular weight is 504 g/mol. The maximum Gasteiger partial charge on any atom is 0.322 e. The Morgan fingerprint density at radius 1 is 0.944 bits per heavy atom. The predicted molar refractivity (Wildman–Crippen MR) is 136 cm³/mol. The molecule has 0 spiro atoms. The zero-order valence-electron chi connectivity index (χ0n) is 19.8. The first-order chi connectivity index (χ1) is 17.3. The molecule has 0 aromatic heterocycles. The van der Waals surface area contributed by atoms with Crippen LogP contribution in [0.25, 0.3) is 0 Å². The molecule has 3 aromatic rings. The summed E-state index contributed by atoms with van der Waals surface area (Å²) in [6, 6.07) is 21.9. The number of rotatable bonds is 6. The van der Waals surface area contributed by atoms with Crippen LogP contribution in [0.2, 0.25) is 0 Å². The molecule has 0 radical (unpaired) electrons. The van der Waals surface area contributed by atoms with Gasteiger partial charge in [0, 0.05) is 18.5 Å². The zero-order chi connectivity index (χ0) is 25.4. The van der Waals surface area contributed by atoms with Crippen molar-refractivity contribution in [3.05, 3.63) is 95.7 Å². The molecule has 0 saturated carbocycles. The summed E-state index contributed by atoms with van der Waals surface area (Å²) in [7, 11) is -3.36. The number of urea groups is 1. The molecule has 184 valence electrons. The van der Waals surface area contributed by atoms with Gasteiger partial charge in [0.1, 0.15) is 11.5 Å². The Balaban J connectivity index is 1.49. The van der Waals surface area contributed by atoms with Crippen LogP contribution in [0.1, 0.15) is 18.5 Å². The summed E-state index contributed by atoms with van der Waals surface area (Å²) >= 11 is 0. The van der Waals surface area contributed by atoms with Crippen LogP contribution in [0, 0.1) is 0 Å². The second kappa shape index (κ2) is 9.16. The van der Waals surface area contributed by atoms with E-state index in [1.54, 1.807) is 21.9 Å². The van der Waals surface area contributed by atoms with E-state index in [1.165, 1.54) is 12.1 Å². The molecule has 1 unspecified atom stereocenters. The molecule has 9 heteroatoms. The van der Waals surface area contributed by atoms with Gasteiger partial charge in [-0.25, -0.2) is 13.2 Å². The summed E-state index contributed by atoms with van der Waals surface area (Å²) in [4.78, 5) is 30.0. The Morgan fingerprint density at radius 2 is 1.64 bits per heavy atom. The van der Waals surface area contributed by atoms with Crippen molar-refractivity contribution in [2.75, 3.05) is 24.2 Å². The van der Waals surface area contributed by atoms with Gasteiger partial charge in [0.05, 0.1) is 28.8 Å². The molecule has 1 atom stereocenters. The van der Waals surface area contributed by atoms with Crippen molar-refractivity contribution in [1.29, 1.82) is 0 Å². The lowest BCUT2D eigenvalue weighted by atomic mass is 9.95. The maximum atomic E-state index is 13.7. The van der Waals surface area contributed by atoms with Crippen LogP contribution in [-0.2, 0) is 14.6 Å². The molecule has 2 aliphatic rings. The highest BCUT2D eigenvalue weighted by Gasteiger charge is 2.44. The van der Waals surface area contributed by atoms with Crippen LogP contribution >= 0.6 is 0 Å². The van der Waals surface area contributed by atoms with Gasteiger partial charge in [-0.15, -0.1) is 0 Å². The van der Waals surface area contributed by atoms with Crippen LogP contribution in [-0.4, -0.2) is 44.6 Å². The van der Waals surface area contributed by atoms with E-state index in [0.29, 0.717) is 35.0 Å². The van der Waals surface area contributed by atoms with Crippen LogP contribution in [0.15, 0.2) is 95.0 Å². The minimum absolute atomic E-state index is 0.177. The second-order valence-corrected chi connectivity index (χ2v) is 10.6. The first-order valence-corrected chi connectivity index (χ1v) is 13.4. The van der Waals surface area contributed by atoms with Crippen LogP contribution < -0.4 is 15.0 Å². The Labute approximate surface area is 209 Å². The monoisotopic (exact) mass is 503 g/mol. The number of hydrogen-bond acceptors (Lipinski definition) is 5. The Kier molecular flexibility index (Phi) is 6.01. The van der Waals surface area contributed by atoms with Crippen LogP contribution in [0.3, 0.4) is 0 Å². The number of sulfone groups is 1. The number of anilines is 1. The molecule has 0 aliphatic carbocycles. The lowest BCUT2D eigenvalue weighted by Crippen LogP contribution is -2.47. The molecule has 0 saturated heterocycles. The van der Waals surface area contributed by atoms with E-state index in [9.17, 15) is 18.0 Å². The van der Waals surface area contributed by atoms with Gasteiger partial charge in [-0.05, 0) is 61.0 Å². The van der Waals surface area contributed by atoms with Crippen molar-refractivity contribution in [3.63, 3.8) is 0 Å². The van der Waals surface area contributed by atoms with Gasteiger partial charge in [-0.2, -0.15) is 0 Å². The minimum Gasteiger partial charge on any atom is -0.457 e. The number of nitrogens with one attached hydrogen (secondary N) is 1. The van der Waals surface area contributed by atoms with Crippen molar-refractivity contribution in [3.8, 4) is 11.5 Å². The Morgan fingerprint density at radius 3 is 2.31 bits per heavy atom. The molecule has 8 nitrogen and oxygen atoms in total. The number of amides is 3. The molecule has 3 amide bonds. The number of carbonyl (C=O) groups is 2. The molecule has 2 aliphatic heterocycles. The maximum absolute atomic E-state index is 13.7. The third kappa shape index (κ3) is 4.33. The summed E-state index contributed by atoms with van der Waals surface area (Å²) in [6.45, 7) is 2.47. The molecular weight excluding hydrogens is 478 g/mol. The fraction of sp³-hybridized carbons (Fsp3) is 0.185. The number of ether oxygens (including phenoxy) is 1. The molecule has 0 bridgehead atoms. The number of nitrogens with zero attached hydrogens (tertiary/aromatic N) is 2. The highest BCUT2D eigenvalue weighted by Crippen LogP contribution is 2.39. The summed E-state index contributed by atoms with van der Waals surface area (Å²) in [5.41, 5.74) is 2.41. The highest BCUT2D eigenvalue weighted by atomic mass is 32.2. The number of benzene rings is 3. The molecule has 1 N–H and O–H groups in total. The average Bonchev–Trinajstić information content (AvgIpc) is 3.21. The van der Waals surface area contributed by atoms with Gasteiger partial charge in [-0.3, -0.25) is 9.69 Å². The van der Waals surface area contributed by atoms with Gasteiger partial charge < -0.3 is 15.0 Å². The first-order valence-electron chi connectivity index (χ1n) is 11.5. The van der Waals surface area contributed by atoms with Crippen LogP contribution in [0.5, 0.6) is 11.5 Å². The zero-order valence-corrected chi connectivity index (χ0v) is 20.7. The van der Waals surface area contributed by atoms with E-state index in [4.69, 9.17) is 4.74 Å². The van der Waals surface area contributed by atoms with E-state index in [-0.39, 0.29) is 23.4 Å². The van der Waals surface area contributed by atoms with Gasteiger partial charge >= 0.3 is 6.03 Å². The second-order valence-electron chi connectivity index (χ2n) is 8.63. The van der Waals surface area contributed by atoms with Gasteiger partial charge in [0.25, 0.3) is 5.91 Å². The van der Waals surface area contributed by atoms with Crippen molar-refractivity contribution >= 4 is 27.5 Å². The van der Waals surface area contributed by atoms with Crippen molar-refractivity contribution < 1.29 is 22.7 Å². The van der Waals surface area contributed by atoms with Crippen molar-refractivity contribution in [2.45, 2.75) is 17.9 Å². The van der Waals surface area contributed by atoms with E-state index < -0.39 is 15.9 Å². The fourth-order valence-electron chi connectivity index (χ4n) is 4.54. The minimum atomic E-state index is -3.36. The number of hydrogen-bond donors (Lipinski definition) is 1. The molecule has 36 heavy (non-hydrogen) atoms. The van der Waals surface area contributed by atoms with E-state index in [1.807, 2.05) is 61.5 Å². The van der Waals surface area contributed by atoms with Gasteiger partial charge in [0.15, 0.2) is 9.84 Å². The normalized spacial score (nSPS) is 17.8. The van der Waals surface area contributed by atoms with Gasteiger partial charge in [-0.1, -0.05) is 30.3 Å². The number of para-hydroxylation sites is 1. The molecule has 0 fully saturated rings. The Bertz CT molecular complexity index is 1470. The predicted octanol–water partition coefficient (Wildman–Crippen LogP) is 4.27.